The molecule has 2 saturated heterocycles. The molecule has 2 aliphatic rings. The third-order valence-corrected chi connectivity index (χ3v) is 9.22. The molecule has 0 radical (unpaired) electrons. The molecule has 3 N–H and O–H groups in total. The van der Waals surface area contributed by atoms with Gasteiger partial charge in [-0.15, -0.1) is 17.9 Å². The molecular formula is C36H55N5O5S. The predicted octanol–water partition coefficient (Wildman–Crippen LogP) is 6.50. The third kappa shape index (κ3) is 11.6. The van der Waals surface area contributed by atoms with Gasteiger partial charge in [0.25, 0.3) is 0 Å². The number of aryl methyl sites for hydroxylation is 1. The van der Waals surface area contributed by atoms with Crippen LogP contribution in [-0.4, -0.2) is 76.0 Å². The van der Waals surface area contributed by atoms with Gasteiger partial charge in [-0.25, -0.2) is 4.98 Å². The van der Waals surface area contributed by atoms with Gasteiger partial charge in [-0.1, -0.05) is 63.2 Å². The Morgan fingerprint density at radius 2 is 1.79 bits per heavy atom. The fraction of sp³-hybridized carbons (Fsp3) is 0.556. The van der Waals surface area contributed by atoms with Crippen LogP contribution in [0.4, 0.5) is 5.82 Å². The van der Waals surface area contributed by atoms with E-state index in [1.807, 2.05) is 56.3 Å². The molecule has 0 aliphatic carbocycles. The summed E-state index contributed by atoms with van der Waals surface area (Å²) in [6.45, 7) is 19.9. The minimum Gasteiger partial charge on any atom is -0.393 e. The van der Waals surface area contributed by atoms with Crippen LogP contribution in [0.15, 0.2) is 53.0 Å². The minimum absolute atomic E-state index is 0.0455. The summed E-state index contributed by atoms with van der Waals surface area (Å²) in [4.78, 5) is 32.9. The van der Waals surface area contributed by atoms with E-state index in [9.17, 15) is 14.7 Å². The van der Waals surface area contributed by atoms with Crippen molar-refractivity contribution in [1.82, 2.24) is 20.4 Å². The summed E-state index contributed by atoms with van der Waals surface area (Å²) in [5.74, 6) is 1.49. The number of carbonyl (C=O) groups is 2. The predicted molar refractivity (Wildman–Crippen MR) is 190 cm³/mol. The first-order valence-corrected chi connectivity index (χ1v) is 17.6. The molecule has 0 spiro atoms. The van der Waals surface area contributed by atoms with Crippen LogP contribution >= 0.6 is 11.3 Å². The van der Waals surface area contributed by atoms with Gasteiger partial charge in [0.1, 0.15) is 5.92 Å². The van der Waals surface area contributed by atoms with Crippen LogP contribution in [0, 0.1) is 12.8 Å². The molecule has 0 bridgehead atoms. The number of amides is 2. The maximum absolute atomic E-state index is 13.0. The number of nitrogens with zero attached hydrogens (tertiary/aromatic N) is 4. The van der Waals surface area contributed by atoms with E-state index >= 15 is 0 Å². The smallest absolute Gasteiger partial charge is 0.233 e. The van der Waals surface area contributed by atoms with E-state index in [1.54, 1.807) is 11.3 Å². The highest BCUT2D eigenvalue weighted by atomic mass is 32.1. The van der Waals surface area contributed by atoms with E-state index in [0.29, 0.717) is 11.8 Å². The lowest BCUT2D eigenvalue weighted by atomic mass is 9.91. The number of carbonyl (C=O) groups excluding carboxylic acids is 2. The molecule has 3 aromatic rings. The van der Waals surface area contributed by atoms with Crippen molar-refractivity contribution < 1.29 is 24.3 Å². The Morgan fingerprint density at radius 1 is 1.15 bits per heavy atom. The third-order valence-electron chi connectivity index (χ3n) is 8.25. The van der Waals surface area contributed by atoms with Crippen molar-refractivity contribution in [2.45, 2.75) is 98.3 Å². The van der Waals surface area contributed by atoms with Crippen molar-refractivity contribution in [2.75, 3.05) is 31.1 Å². The molecule has 3 unspecified atom stereocenters. The molecule has 3 atom stereocenters. The SMILES string of the molecule is C=CCO.CC.CC(C)C(C(=O)N1CCCC1C)c1cc(N2CCC(O)CC2)no1.Cc1ncsc1-c1ccc(C(C)NC=O)cc1. The van der Waals surface area contributed by atoms with Crippen LogP contribution in [0.3, 0.4) is 0 Å². The number of benzene rings is 1. The van der Waals surface area contributed by atoms with Gasteiger partial charge in [0.05, 0.1) is 34.8 Å². The maximum atomic E-state index is 13.0. The zero-order valence-electron chi connectivity index (χ0n) is 29.2. The molecule has 2 aromatic heterocycles. The molecule has 5 rings (SSSR count). The maximum Gasteiger partial charge on any atom is 0.233 e. The summed E-state index contributed by atoms with van der Waals surface area (Å²) in [6.07, 6.45) is 5.60. The zero-order chi connectivity index (χ0) is 34.9. The second kappa shape index (κ2) is 20.6. The van der Waals surface area contributed by atoms with Crippen molar-refractivity contribution in [3.8, 4) is 10.4 Å². The lowest BCUT2D eigenvalue weighted by Gasteiger charge is -2.29. The van der Waals surface area contributed by atoms with Crippen molar-refractivity contribution in [1.29, 1.82) is 0 Å². The average Bonchev–Trinajstić information content (AvgIpc) is 3.84. The number of piperidine rings is 1. The molecule has 47 heavy (non-hydrogen) atoms. The van der Waals surface area contributed by atoms with Gasteiger partial charge in [-0.3, -0.25) is 9.59 Å². The van der Waals surface area contributed by atoms with Gasteiger partial charge in [0.2, 0.25) is 12.3 Å². The van der Waals surface area contributed by atoms with E-state index < -0.39 is 0 Å². The largest absolute Gasteiger partial charge is 0.393 e. The van der Waals surface area contributed by atoms with Gasteiger partial charge >= 0.3 is 0 Å². The molecule has 11 heteroatoms. The van der Waals surface area contributed by atoms with Gasteiger partial charge in [0, 0.05) is 31.7 Å². The molecule has 2 aliphatic heterocycles. The molecule has 2 amide bonds. The molecule has 1 aromatic carbocycles. The quantitative estimate of drug-likeness (QED) is 0.174. The highest BCUT2D eigenvalue weighted by molar-refractivity contribution is 7.13. The number of rotatable bonds is 9. The van der Waals surface area contributed by atoms with E-state index in [2.05, 4.69) is 59.8 Å². The lowest BCUT2D eigenvalue weighted by molar-refractivity contribution is -0.134. The average molecular weight is 670 g/mol. The molecule has 0 saturated carbocycles. The number of aliphatic hydroxyl groups excluding tert-OH is 2. The van der Waals surface area contributed by atoms with Crippen molar-refractivity contribution in [3.05, 3.63) is 65.5 Å². The molecule has 10 nitrogen and oxygen atoms in total. The summed E-state index contributed by atoms with van der Waals surface area (Å²) in [7, 11) is 0. The standard InChI is InChI=1S/C18H29N3O3.C13H14N2OS.C3H6O.C2H6/c1-12(2)17(18(23)21-8-4-5-13(21)3)15-11-16(19-24-15)20-9-6-14(22)7-10-20;1-9(14-7-16)11-3-5-12(6-4-11)13-10(2)15-8-17-13;1-2-3-4;1-2/h11-14,17,22H,4-10H2,1-3H3;3-9H,1-2H3,(H,14,16);2,4H,1,3H2;1-2H3. The molecular weight excluding hydrogens is 614 g/mol. The zero-order valence-corrected chi connectivity index (χ0v) is 30.0. The Morgan fingerprint density at radius 3 is 2.28 bits per heavy atom. The number of aliphatic hydroxyl groups is 2. The normalized spacial score (nSPS) is 17.3. The number of anilines is 1. The number of aromatic nitrogens is 2. The van der Waals surface area contributed by atoms with Gasteiger partial charge in [-0.05, 0) is 63.5 Å². The molecule has 260 valence electrons. The number of nitrogens with one attached hydrogen (secondary N) is 1. The summed E-state index contributed by atoms with van der Waals surface area (Å²) < 4.78 is 5.58. The van der Waals surface area contributed by atoms with E-state index in [4.69, 9.17) is 9.63 Å². The second-order valence-electron chi connectivity index (χ2n) is 11.9. The Labute approximate surface area is 284 Å². The van der Waals surface area contributed by atoms with E-state index in [-0.39, 0.29) is 36.5 Å². The fourth-order valence-electron chi connectivity index (χ4n) is 5.55. The summed E-state index contributed by atoms with van der Waals surface area (Å²) in [6, 6.07) is 10.5. The van der Waals surface area contributed by atoms with Crippen molar-refractivity contribution in [3.63, 3.8) is 0 Å². The lowest BCUT2D eigenvalue weighted by Crippen LogP contribution is -2.39. The van der Waals surface area contributed by atoms with Crippen LogP contribution in [0.2, 0.25) is 0 Å². The Kier molecular flexibility index (Phi) is 17.4. The van der Waals surface area contributed by atoms with Gasteiger partial charge < -0.3 is 29.9 Å². The van der Waals surface area contributed by atoms with Crippen LogP contribution in [0.5, 0.6) is 0 Å². The first kappa shape index (κ1) is 39.6. The number of hydrogen-bond acceptors (Lipinski definition) is 9. The highest BCUT2D eigenvalue weighted by Crippen LogP contribution is 2.33. The van der Waals surface area contributed by atoms with E-state index in [0.717, 1.165) is 68.8 Å². The summed E-state index contributed by atoms with van der Waals surface area (Å²) in [5.41, 5.74) is 5.19. The van der Waals surface area contributed by atoms with Crippen molar-refractivity contribution in [2.24, 2.45) is 5.92 Å². The van der Waals surface area contributed by atoms with Crippen LogP contribution in [0.25, 0.3) is 10.4 Å². The highest BCUT2D eigenvalue weighted by Gasteiger charge is 2.36. The molecule has 2 fully saturated rings. The molecule has 4 heterocycles. The Hall–Kier alpha value is -3.54. The van der Waals surface area contributed by atoms with Crippen LogP contribution in [0.1, 0.15) is 96.2 Å². The first-order chi connectivity index (χ1) is 22.6. The summed E-state index contributed by atoms with van der Waals surface area (Å²) in [5, 5.41) is 24.3. The Bertz CT molecular complexity index is 1330. The Balaban J connectivity index is 0.000000292. The van der Waals surface area contributed by atoms with Gasteiger partial charge in [0.15, 0.2) is 11.6 Å². The topological polar surface area (TPSA) is 132 Å². The fourth-order valence-corrected chi connectivity index (χ4v) is 6.36. The monoisotopic (exact) mass is 669 g/mol. The van der Waals surface area contributed by atoms with Crippen molar-refractivity contribution >= 4 is 29.5 Å². The minimum atomic E-state index is -0.276. The van der Waals surface area contributed by atoms with Crippen LogP contribution in [-0.2, 0) is 9.59 Å². The number of likely N-dealkylation sites (tertiary alicyclic amines) is 1. The number of thiazole rings is 1. The summed E-state index contributed by atoms with van der Waals surface area (Å²) >= 11 is 1.64. The first-order valence-electron chi connectivity index (χ1n) is 16.7. The second-order valence-corrected chi connectivity index (χ2v) is 12.8. The van der Waals surface area contributed by atoms with Gasteiger partial charge in [-0.2, -0.15) is 0 Å². The van der Waals surface area contributed by atoms with E-state index in [1.165, 1.54) is 16.5 Å². The number of hydrogen-bond donors (Lipinski definition) is 3. The van der Waals surface area contributed by atoms with Crippen LogP contribution < -0.4 is 10.2 Å².